The van der Waals surface area contributed by atoms with Crippen LogP contribution in [0.3, 0.4) is 0 Å². The van der Waals surface area contributed by atoms with Gasteiger partial charge in [-0.25, -0.2) is 10.8 Å². The van der Waals surface area contributed by atoms with E-state index in [9.17, 15) is 0 Å². The van der Waals surface area contributed by atoms with Gasteiger partial charge in [0.2, 0.25) is 0 Å². The predicted octanol–water partition coefficient (Wildman–Crippen LogP) is 1.60. The second-order valence-corrected chi connectivity index (χ2v) is 4.24. The van der Waals surface area contributed by atoms with Crippen LogP contribution in [0.15, 0.2) is 18.3 Å². The lowest BCUT2D eigenvalue weighted by Crippen LogP contribution is -2.34. The normalized spacial score (nSPS) is 21.5. The molecule has 1 saturated heterocycles. The van der Waals surface area contributed by atoms with Crippen LogP contribution in [-0.4, -0.2) is 18.1 Å². The third-order valence-corrected chi connectivity index (χ3v) is 2.92. The van der Waals surface area contributed by atoms with E-state index in [-0.39, 0.29) is 0 Å². The molecule has 0 aliphatic carbocycles. The molecule has 1 atom stereocenters. The van der Waals surface area contributed by atoms with Crippen LogP contribution in [0.5, 0.6) is 0 Å². The summed E-state index contributed by atoms with van der Waals surface area (Å²) in [5.41, 5.74) is 3.73. The molecule has 2 rings (SSSR count). The molecule has 1 aromatic rings. The number of nitrogens with zero attached hydrogens (tertiary/aromatic N) is 2. The van der Waals surface area contributed by atoms with Gasteiger partial charge in [-0.2, -0.15) is 0 Å². The van der Waals surface area contributed by atoms with Crippen molar-refractivity contribution in [2.24, 2.45) is 11.8 Å². The number of hydrazine groups is 1. The van der Waals surface area contributed by atoms with E-state index < -0.39 is 0 Å². The van der Waals surface area contributed by atoms with Crippen molar-refractivity contribution in [3.63, 3.8) is 0 Å². The SMILES string of the molecule is CC1CCCN(c2ccc(NN)nc2)C1. The second kappa shape index (κ2) is 4.49. The zero-order valence-electron chi connectivity index (χ0n) is 9.11. The summed E-state index contributed by atoms with van der Waals surface area (Å²) in [4.78, 5) is 6.61. The number of rotatable bonds is 2. The first-order valence-electron chi connectivity index (χ1n) is 5.47. The quantitative estimate of drug-likeness (QED) is 0.570. The minimum atomic E-state index is 0.712. The number of hydrogen-bond acceptors (Lipinski definition) is 4. The molecule has 4 nitrogen and oxygen atoms in total. The van der Waals surface area contributed by atoms with Crippen molar-refractivity contribution in [2.45, 2.75) is 19.8 Å². The molecule has 4 heteroatoms. The molecule has 0 radical (unpaired) electrons. The molecule has 0 bridgehead atoms. The zero-order valence-corrected chi connectivity index (χ0v) is 9.11. The van der Waals surface area contributed by atoms with Crippen molar-refractivity contribution in [3.8, 4) is 0 Å². The summed E-state index contributed by atoms with van der Waals surface area (Å²) in [7, 11) is 0. The third-order valence-electron chi connectivity index (χ3n) is 2.92. The number of nitrogens with one attached hydrogen (secondary N) is 1. The van der Waals surface area contributed by atoms with E-state index >= 15 is 0 Å². The van der Waals surface area contributed by atoms with Crippen LogP contribution in [0.4, 0.5) is 11.5 Å². The Labute approximate surface area is 90.5 Å². The molecular weight excluding hydrogens is 188 g/mol. The molecule has 1 aliphatic heterocycles. The van der Waals surface area contributed by atoms with Crippen LogP contribution >= 0.6 is 0 Å². The van der Waals surface area contributed by atoms with Crippen molar-refractivity contribution >= 4 is 11.5 Å². The van der Waals surface area contributed by atoms with Gasteiger partial charge >= 0.3 is 0 Å². The van der Waals surface area contributed by atoms with E-state index in [4.69, 9.17) is 5.84 Å². The topological polar surface area (TPSA) is 54.2 Å². The Morgan fingerprint density at radius 3 is 3.00 bits per heavy atom. The summed E-state index contributed by atoms with van der Waals surface area (Å²) in [6.45, 7) is 4.58. The molecule has 0 aromatic carbocycles. The standard InChI is InChI=1S/C11H18N4/c1-9-3-2-6-15(8-9)10-4-5-11(14-12)13-7-10/h4-5,7,9H,2-3,6,8,12H2,1H3,(H,13,14). The Bertz CT molecular complexity index is 309. The van der Waals surface area contributed by atoms with E-state index in [1.54, 1.807) is 0 Å². The molecule has 1 fully saturated rings. The molecule has 82 valence electrons. The van der Waals surface area contributed by atoms with Gasteiger partial charge in [0.1, 0.15) is 5.82 Å². The monoisotopic (exact) mass is 206 g/mol. The largest absolute Gasteiger partial charge is 0.370 e. The highest BCUT2D eigenvalue weighted by Crippen LogP contribution is 2.22. The van der Waals surface area contributed by atoms with Gasteiger partial charge in [-0.15, -0.1) is 0 Å². The van der Waals surface area contributed by atoms with Crippen LogP contribution in [0.25, 0.3) is 0 Å². The average Bonchev–Trinajstić information content (AvgIpc) is 2.29. The molecule has 3 N–H and O–H groups in total. The van der Waals surface area contributed by atoms with Crippen molar-refractivity contribution in [2.75, 3.05) is 23.4 Å². The Hall–Kier alpha value is -1.29. The fourth-order valence-corrected chi connectivity index (χ4v) is 2.08. The number of pyridine rings is 1. The van der Waals surface area contributed by atoms with Gasteiger partial charge < -0.3 is 10.3 Å². The lowest BCUT2D eigenvalue weighted by atomic mass is 10.00. The van der Waals surface area contributed by atoms with Crippen LogP contribution in [0.1, 0.15) is 19.8 Å². The van der Waals surface area contributed by atoms with Crippen LogP contribution in [0, 0.1) is 5.92 Å². The number of nitrogen functional groups attached to an aromatic ring is 1. The van der Waals surface area contributed by atoms with Gasteiger partial charge in [0.15, 0.2) is 0 Å². The molecule has 0 spiro atoms. The number of nitrogens with two attached hydrogens (primary N) is 1. The lowest BCUT2D eigenvalue weighted by Gasteiger charge is -2.32. The minimum absolute atomic E-state index is 0.712. The highest BCUT2D eigenvalue weighted by Gasteiger charge is 2.16. The zero-order chi connectivity index (χ0) is 10.7. The molecular formula is C11H18N4. The van der Waals surface area contributed by atoms with Crippen molar-refractivity contribution in [3.05, 3.63) is 18.3 Å². The number of anilines is 2. The third kappa shape index (κ3) is 2.39. The molecule has 2 heterocycles. The predicted molar refractivity (Wildman–Crippen MR) is 62.7 cm³/mol. The van der Waals surface area contributed by atoms with Gasteiger partial charge in [-0.1, -0.05) is 6.92 Å². The number of piperidine rings is 1. The molecule has 1 aliphatic rings. The molecule has 1 unspecified atom stereocenters. The molecule has 15 heavy (non-hydrogen) atoms. The summed E-state index contributed by atoms with van der Waals surface area (Å²) in [5, 5.41) is 0. The van der Waals surface area contributed by atoms with Crippen molar-refractivity contribution in [1.82, 2.24) is 4.98 Å². The Morgan fingerprint density at radius 1 is 1.53 bits per heavy atom. The Balaban J connectivity index is 2.07. The summed E-state index contributed by atoms with van der Waals surface area (Å²) in [6.07, 6.45) is 4.50. The van der Waals surface area contributed by atoms with Crippen molar-refractivity contribution < 1.29 is 0 Å². The van der Waals surface area contributed by atoms with E-state index in [0.29, 0.717) is 5.82 Å². The van der Waals surface area contributed by atoms with Crippen molar-refractivity contribution in [1.29, 1.82) is 0 Å². The van der Waals surface area contributed by atoms with Gasteiger partial charge in [-0.3, -0.25) is 0 Å². The van der Waals surface area contributed by atoms with Gasteiger partial charge in [0, 0.05) is 13.1 Å². The maximum Gasteiger partial charge on any atom is 0.140 e. The molecule has 0 amide bonds. The van der Waals surface area contributed by atoms with E-state index in [2.05, 4.69) is 28.3 Å². The summed E-state index contributed by atoms with van der Waals surface area (Å²) < 4.78 is 0. The fraction of sp³-hybridized carbons (Fsp3) is 0.545. The van der Waals surface area contributed by atoms with Gasteiger partial charge in [-0.05, 0) is 30.9 Å². The Kier molecular flexibility index (Phi) is 3.06. The summed E-state index contributed by atoms with van der Waals surface area (Å²) >= 11 is 0. The number of hydrogen-bond donors (Lipinski definition) is 2. The summed E-state index contributed by atoms with van der Waals surface area (Å²) in [5.74, 6) is 6.77. The highest BCUT2D eigenvalue weighted by atomic mass is 15.2. The fourth-order valence-electron chi connectivity index (χ4n) is 2.08. The molecule has 1 aromatic heterocycles. The average molecular weight is 206 g/mol. The summed E-state index contributed by atoms with van der Waals surface area (Å²) in [6, 6.07) is 3.98. The maximum absolute atomic E-state index is 5.27. The van der Waals surface area contributed by atoms with Crippen LogP contribution in [0.2, 0.25) is 0 Å². The second-order valence-electron chi connectivity index (χ2n) is 4.24. The van der Waals surface area contributed by atoms with Gasteiger partial charge in [0.05, 0.1) is 11.9 Å². The number of aromatic nitrogens is 1. The van der Waals surface area contributed by atoms with Crippen LogP contribution in [-0.2, 0) is 0 Å². The first-order chi connectivity index (χ1) is 7.29. The first-order valence-corrected chi connectivity index (χ1v) is 5.47. The minimum Gasteiger partial charge on any atom is -0.370 e. The maximum atomic E-state index is 5.27. The first kappa shape index (κ1) is 10.2. The Morgan fingerprint density at radius 2 is 2.40 bits per heavy atom. The van der Waals surface area contributed by atoms with Crippen LogP contribution < -0.4 is 16.2 Å². The van der Waals surface area contributed by atoms with E-state index in [1.807, 2.05) is 12.3 Å². The smallest absolute Gasteiger partial charge is 0.140 e. The highest BCUT2D eigenvalue weighted by molar-refractivity contribution is 5.49. The lowest BCUT2D eigenvalue weighted by molar-refractivity contribution is 0.446. The van der Waals surface area contributed by atoms with E-state index in [0.717, 1.165) is 19.0 Å². The van der Waals surface area contributed by atoms with E-state index in [1.165, 1.54) is 18.5 Å². The van der Waals surface area contributed by atoms with Gasteiger partial charge in [0.25, 0.3) is 0 Å². The molecule has 0 saturated carbocycles.